The average Bonchev–Trinajstić information content (AvgIpc) is 2.23. The fourth-order valence-corrected chi connectivity index (χ4v) is 1.95. The van der Waals surface area contributed by atoms with Crippen molar-refractivity contribution < 1.29 is 5.11 Å². The van der Waals surface area contributed by atoms with Crippen LogP contribution in [0, 0.1) is 5.92 Å². The van der Waals surface area contributed by atoms with Crippen LogP contribution in [0.5, 0.6) is 0 Å². The summed E-state index contributed by atoms with van der Waals surface area (Å²) in [6.45, 7) is 0. The minimum Gasteiger partial charge on any atom is -0.389 e. The maximum Gasteiger partial charge on any atom is 0.0721 e. The molecule has 2 atom stereocenters. The van der Waals surface area contributed by atoms with Gasteiger partial charge in [-0.15, -0.1) is 0 Å². The molecule has 1 nitrogen and oxygen atoms in total. The molecule has 1 aliphatic carbocycles. The van der Waals surface area contributed by atoms with Crippen LogP contribution in [0.4, 0.5) is 0 Å². The van der Waals surface area contributed by atoms with Crippen LogP contribution in [0.25, 0.3) is 0 Å². The molecule has 14 heavy (non-hydrogen) atoms. The molecule has 1 aromatic carbocycles. The number of hydrogen-bond donors (Lipinski definition) is 1. The van der Waals surface area contributed by atoms with Gasteiger partial charge < -0.3 is 5.11 Å². The van der Waals surface area contributed by atoms with E-state index in [2.05, 4.69) is 30.3 Å². The lowest BCUT2D eigenvalue weighted by Crippen LogP contribution is -2.13. The Balaban J connectivity index is 1.96. The van der Waals surface area contributed by atoms with Gasteiger partial charge in [0.1, 0.15) is 0 Å². The number of hydrogen-bond acceptors (Lipinski definition) is 1. The van der Waals surface area contributed by atoms with E-state index in [0.717, 1.165) is 19.3 Å². The second-order valence-corrected chi connectivity index (χ2v) is 3.98. The maximum atomic E-state index is 9.31. The molecule has 0 heterocycles. The molecule has 1 N–H and O–H groups in total. The van der Waals surface area contributed by atoms with Gasteiger partial charge in [0.2, 0.25) is 0 Å². The first kappa shape index (κ1) is 9.47. The summed E-state index contributed by atoms with van der Waals surface area (Å²) in [5.74, 6) is 0.612. The van der Waals surface area contributed by atoms with Crippen LogP contribution in [0.15, 0.2) is 42.5 Å². The van der Waals surface area contributed by atoms with Crippen LogP contribution < -0.4 is 0 Å². The lowest BCUT2D eigenvalue weighted by molar-refractivity contribution is 0.195. The van der Waals surface area contributed by atoms with E-state index in [0.29, 0.717) is 5.92 Å². The van der Waals surface area contributed by atoms with Crippen molar-refractivity contribution in [3.63, 3.8) is 0 Å². The Morgan fingerprint density at radius 2 is 1.86 bits per heavy atom. The second-order valence-electron chi connectivity index (χ2n) is 3.98. The third kappa shape index (κ3) is 2.46. The van der Waals surface area contributed by atoms with Gasteiger partial charge in [-0.2, -0.15) is 0 Å². The lowest BCUT2D eigenvalue weighted by Gasteiger charge is -2.19. The Bertz CT molecular complexity index is 302. The molecule has 1 aliphatic rings. The summed E-state index contributed by atoms with van der Waals surface area (Å²) < 4.78 is 0. The lowest BCUT2D eigenvalue weighted by atomic mass is 9.89. The van der Waals surface area contributed by atoms with E-state index in [1.165, 1.54) is 5.56 Å². The summed E-state index contributed by atoms with van der Waals surface area (Å²) in [7, 11) is 0. The number of allylic oxidation sites excluding steroid dienone is 1. The van der Waals surface area contributed by atoms with Gasteiger partial charge in [-0.1, -0.05) is 42.5 Å². The SMILES string of the molecule is OC1C=CC(Cc2ccccc2)CC1. The fourth-order valence-electron chi connectivity index (χ4n) is 1.95. The first-order chi connectivity index (χ1) is 6.84. The summed E-state index contributed by atoms with van der Waals surface area (Å²) in [5, 5.41) is 9.31. The van der Waals surface area contributed by atoms with Gasteiger partial charge >= 0.3 is 0 Å². The highest BCUT2D eigenvalue weighted by Crippen LogP contribution is 2.21. The molecular formula is C13H16O. The smallest absolute Gasteiger partial charge is 0.0721 e. The maximum absolute atomic E-state index is 9.31. The highest BCUT2D eigenvalue weighted by atomic mass is 16.3. The molecule has 0 spiro atoms. The molecule has 0 saturated heterocycles. The van der Waals surface area contributed by atoms with E-state index in [9.17, 15) is 5.11 Å². The first-order valence-electron chi connectivity index (χ1n) is 5.25. The zero-order chi connectivity index (χ0) is 9.80. The predicted molar refractivity (Wildman–Crippen MR) is 58.0 cm³/mol. The van der Waals surface area contributed by atoms with Gasteiger partial charge in [0.25, 0.3) is 0 Å². The second kappa shape index (κ2) is 4.43. The largest absolute Gasteiger partial charge is 0.389 e. The normalized spacial score (nSPS) is 26.4. The third-order valence-electron chi connectivity index (χ3n) is 2.78. The Labute approximate surface area is 85.1 Å². The molecule has 0 saturated carbocycles. The summed E-state index contributed by atoms with van der Waals surface area (Å²) >= 11 is 0. The zero-order valence-electron chi connectivity index (χ0n) is 8.26. The molecule has 0 fully saturated rings. The Morgan fingerprint density at radius 3 is 2.50 bits per heavy atom. The third-order valence-corrected chi connectivity index (χ3v) is 2.78. The van der Waals surface area contributed by atoms with Gasteiger partial charge in [0.15, 0.2) is 0 Å². The van der Waals surface area contributed by atoms with Crippen molar-refractivity contribution in [2.24, 2.45) is 5.92 Å². The molecular weight excluding hydrogens is 172 g/mol. The number of benzene rings is 1. The first-order valence-corrected chi connectivity index (χ1v) is 5.25. The minimum atomic E-state index is -0.206. The molecule has 1 heteroatoms. The molecule has 74 valence electrons. The van der Waals surface area contributed by atoms with Crippen molar-refractivity contribution in [3.05, 3.63) is 48.0 Å². The number of aliphatic hydroxyl groups excluding tert-OH is 1. The van der Waals surface area contributed by atoms with E-state index in [1.54, 1.807) is 0 Å². The van der Waals surface area contributed by atoms with Gasteiger partial charge in [0.05, 0.1) is 6.10 Å². The van der Waals surface area contributed by atoms with Crippen molar-refractivity contribution in [1.82, 2.24) is 0 Å². The van der Waals surface area contributed by atoms with Crippen molar-refractivity contribution >= 4 is 0 Å². The molecule has 0 radical (unpaired) electrons. The van der Waals surface area contributed by atoms with Crippen LogP contribution in [0.2, 0.25) is 0 Å². The molecule has 0 aromatic heterocycles. The molecule has 0 aliphatic heterocycles. The summed E-state index contributed by atoms with van der Waals surface area (Å²) in [4.78, 5) is 0. The van der Waals surface area contributed by atoms with Gasteiger partial charge in [-0.25, -0.2) is 0 Å². The Morgan fingerprint density at radius 1 is 1.07 bits per heavy atom. The Hall–Kier alpha value is -1.08. The molecule has 2 unspecified atom stereocenters. The van der Waals surface area contributed by atoms with E-state index in [1.807, 2.05) is 12.1 Å². The predicted octanol–water partition coefficient (Wildman–Crippen LogP) is 2.56. The van der Waals surface area contributed by atoms with E-state index in [4.69, 9.17) is 0 Å². The molecule has 0 bridgehead atoms. The van der Waals surface area contributed by atoms with E-state index < -0.39 is 0 Å². The van der Waals surface area contributed by atoms with Crippen molar-refractivity contribution in [2.45, 2.75) is 25.4 Å². The summed E-state index contributed by atoms with van der Waals surface area (Å²) in [6.07, 6.45) is 6.99. The van der Waals surface area contributed by atoms with Gasteiger partial charge in [-0.05, 0) is 30.7 Å². The van der Waals surface area contributed by atoms with Crippen LogP contribution in [0.3, 0.4) is 0 Å². The van der Waals surface area contributed by atoms with Crippen molar-refractivity contribution in [1.29, 1.82) is 0 Å². The molecule has 0 amide bonds. The van der Waals surface area contributed by atoms with Gasteiger partial charge in [0, 0.05) is 0 Å². The summed E-state index contributed by atoms with van der Waals surface area (Å²) in [6, 6.07) is 10.5. The van der Waals surface area contributed by atoms with Crippen molar-refractivity contribution in [3.8, 4) is 0 Å². The molecule has 2 rings (SSSR count). The average molecular weight is 188 g/mol. The highest BCUT2D eigenvalue weighted by Gasteiger charge is 2.13. The topological polar surface area (TPSA) is 20.2 Å². The van der Waals surface area contributed by atoms with Gasteiger partial charge in [-0.3, -0.25) is 0 Å². The van der Waals surface area contributed by atoms with Crippen LogP contribution in [0.1, 0.15) is 18.4 Å². The quantitative estimate of drug-likeness (QED) is 0.707. The summed E-state index contributed by atoms with van der Waals surface area (Å²) in [5.41, 5.74) is 1.39. The van der Waals surface area contributed by atoms with E-state index >= 15 is 0 Å². The van der Waals surface area contributed by atoms with Crippen LogP contribution in [-0.4, -0.2) is 11.2 Å². The monoisotopic (exact) mass is 188 g/mol. The van der Waals surface area contributed by atoms with E-state index in [-0.39, 0.29) is 6.10 Å². The number of rotatable bonds is 2. The zero-order valence-corrected chi connectivity index (χ0v) is 8.26. The Kier molecular flexibility index (Phi) is 3.00. The number of aliphatic hydroxyl groups is 1. The standard InChI is InChI=1S/C13H16O/c14-13-8-6-12(7-9-13)10-11-4-2-1-3-5-11/h1-6,8,12-14H,7,9-10H2. The highest BCUT2D eigenvalue weighted by molar-refractivity contribution is 5.17. The minimum absolute atomic E-state index is 0.206. The van der Waals surface area contributed by atoms with Crippen LogP contribution >= 0.6 is 0 Å². The molecule has 1 aromatic rings. The van der Waals surface area contributed by atoms with Crippen molar-refractivity contribution in [2.75, 3.05) is 0 Å². The van der Waals surface area contributed by atoms with Crippen LogP contribution in [-0.2, 0) is 6.42 Å². The fraction of sp³-hybridized carbons (Fsp3) is 0.385.